The minimum absolute atomic E-state index is 0.0213. The van der Waals surface area contributed by atoms with Crippen molar-refractivity contribution in [1.29, 1.82) is 0 Å². The van der Waals surface area contributed by atoms with E-state index in [2.05, 4.69) is 19.9 Å². The summed E-state index contributed by atoms with van der Waals surface area (Å²) in [6.07, 6.45) is 5.32. The fourth-order valence-electron chi connectivity index (χ4n) is 9.17. The molecule has 4 fully saturated rings. The van der Waals surface area contributed by atoms with Gasteiger partial charge in [0.05, 0.1) is 24.1 Å². The van der Waals surface area contributed by atoms with E-state index in [-0.39, 0.29) is 34.4 Å². The van der Waals surface area contributed by atoms with Gasteiger partial charge in [-0.15, -0.1) is 0 Å². The highest BCUT2D eigenvalue weighted by Crippen LogP contribution is 2.70. The second-order valence-corrected chi connectivity index (χ2v) is 13.1. The molecule has 3 saturated carbocycles. The summed E-state index contributed by atoms with van der Waals surface area (Å²) in [4.78, 5) is 11.5. The summed E-state index contributed by atoms with van der Waals surface area (Å²) in [5, 5.41) is 43.0. The Hall–Kier alpha value is -1.55. The van der Waals surface area contributed by atoms with Crippen LogP contribution in [0.3, 0.4) is 0 Å². The molecule has 12 atom stereocenters. The van der Waals surface area contributed by atoms with Crippen LogP contribution in [-0.4, -0.2) is 62.8 Å². The average molecular weight is 531 g/mol. The van der Waals surface area contributed by atoms with Crippen molar-refractivity contribution in [2.24, 2.45) is 22.7 Å². The third kappa shape index (κ3) is 3.82. The Labute approximate surface area is 223 Å². The lowest BCUT2D eigenvalue weighted by molar-refractivity contribution is -0.301. The zero-order valence-corrected chi connectivity index (χ0v) is 22.6. The predicted molar refractivity (Wildman–Crippen MR) is 138 cm³/mol. The van der Waals surface area contributed by atoms with Gasteiger partial charge >= 0.3 is 5.63 Å². The molecule has 0 bridgehead atoms. The first-order valence-corrected chi connectivity index (χ1v) is 14.4. The van der Waals surface area contributed by atoms with Gasteiger partial charge in [0, 0.05) is 11.5 Å². The molecule has 210 valence electrons. The number of fused-ring (bicyclic) bond motifs is 5. The van der Waals surface area contributed by atoms with Gasteiger partial charge < -0.3 is 34.3 Å². The van der Waals surface area contributed by atoms with Crippen molar-refractivity contribution in [2.45, 2.75) is 120 Å². The molecule has 38 heavy (non-hydrogen) atoms. The zero-order valence-electron chi connectivity index (χ0n) is 22.6. The predicted octanol–water partition coefficient (Wildman–Crippen LogP) is 3.01. The Bertz CT molecular complexity index is 1130. The molecule has 4 aliphatic carbocycles. The third-order valence-corrected chi connectivity index (χ3v) is 11.5. The van der Waals surface area contributed by atoms with Gasteiger partial charge in [-0.2, -0.15) is 0 Å². The molecular formula is C30H42O8. The monoisotopic (exact) mass is 530 g/mol. The first-order valence-electron chi connectivity index (χ1n) is 14.4. The van der Waals surface area contributed by atoms with Crippen LogP contribution in [0.25, 0.3) is 0 Å². The van der Waals surface area contributed by atoms with E-state index in [4.69, 9.17) is 13.9 Å². The highest BCUT2D eigenvalue weighted by molar-refractivity contribution is 5.31. The van der Waals surface area contributed by atoms with Gasteiger partial charge in [0.15, 0.2) is 6.29 Å². The van der Waals surface area contributed by atoms with E-state index in [0.29, 0.717) is 5.92 Å². The summed E-state index contributed by atoms with van der Waals surface area (Å²) in [5.74, 6) is 0.759. The summed E-state index contributed by atoms with van der Waals surface area (Å²) >= 11 is 0. The molecule has 1 aromatic rings. The second-order valence-electron chi connectivity index (χ2n) is 13.1. The molecule has 1 aromatic heterocycles. The SMILES string of the molecule is C[C@@H]1OC(OC2C=C3CCC4C(CC[C@]5(C)[C@@H](c6ccc(=O)oc6)CC[C@]45O)[C@@]3(C)CC2)[C@H](O)[C@H](O)[C@H]1O. The molecular weight excluding hydrogens is 488 g/mol. The van der Waals surface area contributed by atoms with Crippen molar-refractivity contribution in [3.8, 4) is 0 Å². The van der Waals surface area contributed by atoms with Gasteiger partial charge in [-0.3, -0.25) is 0 Å². The minimum Gasteiger partial charge on any atom is -0.431 e. The van der Waals surface area contributed by atoms with Crippen LogP contribution in [0.1, 0.15) is 83.6 Å². The van der Waals surface area contributed by atoms with Crippen molar-refractivity contribution in [1.82, 2.24) is 0 Å². The van der Waals surface area contributed by atoms with Crippen LogP contribution in [0.4, 0.5) is 0 Å². The Morgan fingerprint density at radius 3 is 2.47 bits per heavy atom. The van der Waals surface area contributed by atoms with Crippen LogP contribution in [0.5, 0.6) is 0 Å². The van der Waals surface area contributed by atoms with Gasteiger partial charge in [0.2, 0.25) is 0 Å². The topological polar surface area (TPSA) is 130 Å². The molecule has 1 aliphatic heterocycles. The maximum Gasteiger partial charge on any atom is 0.335 e. The lowest BCUT2D eigenvalue weighted by Gasteiger charge is -2.62. The van der Waals surface area contributed by atoms with E-state index in [0.717, 1.165) is 56.9 Å². The van der Waals surface area contributed by atoms with Crippen LogP contribution in [0, 0.1) is 22.7 Å². The van der Waals surface area contributed by atoms with Gasteiger partial charge in [-0.05, 0) is 93.1 Å². The number of ether oxygens (including phenoxy) is 2. The second kappa shape index (κ2) is 9.25. The fourth-order valence-corrected chi connectivity index (χ4v) is 9.17. The van der Waals surface area contributed by atoms with Crippen molar-refractivity contribution >= 4 is 0 Å². The average Bonchev–Trinajstić information content (AvgIpc) is 3.18. The van der Waals surface area contributed by atoms with Gasteiger partial charge in [-0.25, -0.2) is 4.79 Å². The van der Waals surface area contributed by atoms with E-state index in [9.17, 15) is 25.2 Å². The molecule has 8 nitrogen and oxygen atoms in total. The minimum atomic E-state index is -1.31. The molecule has 6 rings (SSSR count). The van der Waals surface area contributed by atoms with E-state index in [1.165, 1.54) is 11.6 Å². The lowest BCUT2D eigenvalue weighted by atomic mass is 9.45. The van der Waals surface area contributed by atoms with E-state index in [1.54, 1.807) is 13.2 Å². The Morgan fingerprint density at radius 1 is 0.947 bits per heavy atom. The maximum atomic E-state index is 12.4. The standard InChI is InChI=1S/C30H42O8/c1-16-24(32)25(33)26(34)27(37-16)38-19-8-11-28(2)18(14-19)5-6-22-21(28)9-12-29(3)20(10-13-30(22,29)35)17-4-7-23(31)36-15-17/h4,7,14-16,19-22,24-27,32-35H,5-6,8-13H2,1-3H3/t16-,19?,20+,21?,22?,24-,25+,26+,27?,28-,29+,30-/m0/s1. The summed E-state index contributed by atoms with van der Waals surface area (Å²) in [7, 11) is 0. The van der Waals surface area contributed by atoms with Crippen LogP contribution < -0.4 is 5.63 Å². The third-order valence-electron chi connectivity index (χ3n) is 11.5. The number of aliphatic hydroxyl groups is 4. The molecule has 0 aromatic carbocycles. The molecule has 4 N–H and O–H groups in total. The number of allylic oxidation sites excluding steroid dienone is 1. The highest BCUT2D eigenvalue weighted by atomic mass is 16.7. The van der Waals surface area contributed by atoms with Gasteiger partial charge in [0.25, 0.3) is 0 Å². The Kier molecular flexibility index (Phi) is 6.49. The fraction of sp³-hybridized carbons (Fsp3) is 0.767. The van der Waals surface area contributed by atoms with E-state index >= 15 is 0 Å². The molecule has 0 spiro atoms. The summed E-state index contributed by atoms with van der Waals surface area (Å²) < 4.78 is 17.0. The molecule has 1 saturated heterocycles. The number of rotatable bonds is 3. The normalized spacial score (nSPS) is 50.5. The zero-order chi connectivity index (χ0) is 27.0. The van der Waals surface area contributed by atoms with Crippen LogP contribution in [0.15, 0.2) is 39.3 Å². The first kappa shape index (κ1) is 26.7. The smallest absolute Gasteiger partial charge is 0.335 e. The lowest BCUT2D eigenvalue weighted by Crippen LogP contribution is -2.60. The first-order chi connectivity index (χ1) is 18.0. The number of aliphatic hydroxyl groups excluding tert-OH is 3. The van der Waals surface area contributed by atoms with Crippen molar-refractivity contribution in [3.63, 3.8) is 0 Å². The maximum absolute atomic E-state index is 12.4. The molecule has 4 unspecified atom stereocenters. The summed E-state index contributed by atoms with van der Waals surface area (Å²) in [6.45, 7) is 6.26. The molecule has 8 heteroatoms. The molecule has 2 heterocycles. The van der Waals surface area contributed by atoms with Crippen molar-refractivity contribution in [2.75, 3.05) is 0 Å². The Balaban J connectivity index is 1.21. The van der Waals surface area contributed by atoms with Gasteiger partial charge in [-0.1, -0.05) is 25.5 Å². The van der Waals surface area contributed by atoms with Crippen LogP contribution >= 0.6 is 0 Å². The van der Waals surface area contributed by atoms with Crippen molar-refractivity contribution in [3.05, 3.63) is 46.0 Å². The van der Waals surface area contributed by atoms with Gasteiger partial charge in [0.1, 0.15) is 18.3 Å². The summed E-state index contributed by atoms with van der Waals surface area (Å²) in [6, 6.07) is 3.36. The number of hydrogen-bond acceptors (Lipinski definition) is 8. The molecule has 0 radical (unpaired) electrons. The largest absolute Gasteiger partial charge is 0.431 e. The molecule has 5 aliphatic rings. The van der Waals surface area contributed by atoms with Crippen LogP contribution in [0.2, 0.25) is 0 Å². The number of hydrogen-bond donors (Lipinski definition) is 4. The van der Waals surface area contributed by atoms with Crippen molar-refractivity contribution < 1.29 is 34.3 Å². The summed E-state index contributed by atoms with van der Waals surface area (Å²) in [5.41, 5.74) is 0.991. The Morgan fingerprint density at radius 2 is 1.74 bits per heavy atom. The molecule has 0 amide bonds. The van der Waals surface area contributed by atoms with E-state index < -0.39 is 36.3 Å². The highest BCUT2D eigenvalue weighted by Gasteiger charge is 2.66. The van der Waals surface area contributed by atoms with E-state index in [1.807, 2.05) is 6.07 Å². The van der Waals surface area contributed by atoms with Crippen LogP contribution in [-0.2, 0) is 9.47 Å². The quantitative estimate of drug-likeness (QED) is 0.439.